The normalized spacial score (nSPS) is 10.6. The zero-order valence-corrected chi connectivity index (χ0v) is 8.57. The van der Waals surface area contributed by atoms with Gasteiger partial charge in [-0.25, -0.2) is 4.79 Å². The van der Waals surface area contributed by atoms with E-state index in [1.54, 1.807) is 0 Å². The van der Waals surface area contributed by atoms with E-state index in [0.717, 1.165) is 0 Å². The Hall–Kier alpha value is -1.45. The van der Waals surface area contributed by atoms with Crippen LogP contribution in [0, 0.1) is 5.92 Å². The SMILES string of the molecule is COC(=O)/C=C/CC(C(C)=O)C(C)=O. The molecule has 0 amide bonds. The quantitative estimate of drug-likeness (QED) is 0.374. The third-order valence-electron chi connectivity index (χ3n) is 1.81. The maximum Gasteiger partial charge on any atom is 0.330 e. The Morgan fingerprint density at radius 1 is 1.21 bits per heavy atom. The average molecular weight is 198 g/mol. The van der Waals surface area contributed by atoms with Gasteiger partial charge in [0.05, 0.1) is 13.0 Å². The van der Waals surface area contributed by atoms with Crippen LogP contribution < -0.4 is 0 Å². The van der Waals surface area contributed by atoms with Crippen molar-refractivity contribution >= 4 is 17.5 Å². The summed E-state index contributed by atoms with van der Waals surface area (Å²) in [5, 5.41) is 0. The van der Waals surface area contributed by atoms with Crippen LogP contribution in [0.15, 0.2) is 12.2 Å². The maximum absolute atomic E-state index is 11.0. The van der Waals surface area contributed by atoms with E-state index in [1.807, 2.05) is 0 Å². The molecule has 0 atom stereocenters. The van der Waals surface area contributed by atoms with Gasteiger partial charge in [0.15, 0.2) is 0 Å². The fraction of sp³-hybridized carbons (Fsp3) is 0.500. The van der Waals surface area contributed by atoms with Gasteiger partial charge < -0.3 is 4.74 Å². The molecule has 0 aliphatic heterocycles. The summed E-state index contributed by atoms with van der Waals surface area (Å²) in [6, 6.07) is 0. The minimum Gasteiger partial charge on any atom is -0.466 e. The third-order valence-corrected chi connectivity index (χ3v) is 1.81. The largest absolute Gasteiger partial charge is 0.466 e. The lowest BCUT2D eigenvalue weighted by Crippen LogP contribution is -2.18. The lowest BCUT2D eigenvalue weighted by Gasteiger charge is -2.05. The van der Waals surface area contributed by atoms with Gasteiger partial charge >= 0.3 is 5.97 Å². The summed E-state index contributed by atoms with van der Waals surface area (Å²) < 4.78 is 4.36. The molecule has 0 fully saturated rings. The second-order valence-electron chi connectivity index (χ2n) is 2.94. The predicted molar refractivity (Wildman–Crippen MR) is 50.6 cm³/mol. The number of hydrogen-bond acceptors (Lipinski definition) is 4. The third kappa shape index (κ3) is 4.54. The lowest BCUT2D eigenvalue weighted by atomic mass is 9.97. The minimum atomic E-state index is -0.643. The first-order valence-electron chi connectivity index (χ1n) is 4.24. The summed E-state index contributed by atoms with van der Waals surface area (Å²) in [5.74, 6) is -1.51. The number of rotatable bonds is 5. The van der Waals surface area contributed by atoms with E-state index in [9.17, 15) is 14.4 Å². The Kier molecular flexibility index (Phi) is 5.44. The van der Waals surface area contributed by atoms with Crippen LogP contribution in [-0.4, -0.2) is 24.6 Å². The van der Waals surface area contributed by atoms with Crippen LogP contribution >= 0.6 is 0 Å². The van der Waals surface area contributed by atoms with Gasteiger partial charge in [0.25, 0.3) is 0 Å². The summed E-state index contributed by atoms with van der Waals surface area (Å²) in [5.41, 5.74) is 0. The van der Waals surface area contributed by atoms with Crippen LogP contribution in [-0.2, 0) is 19.1 Å². The Morgan fingerprint density at radius 2 is 1.71 bits per heavy atom. The van der Waals surface area contributed by atoms with E-state index in [0.29, 0.717) is 0 Å². The van der Waals surface area contributed by atoms with Crippen LogP contribution in [0.1, 0.15) is 20.3 Å². The number of ketones is 2. The molecule has 0 rings (SSSR count). The van der Waals surface area contributed by atoms with Crippen molar-refractivity contribution in [3.05, 3.63) is 12.2 Å². The van der Waals surface area contributed by atoms with Gasteiger partial charge in [0.2, 0.25) is 0 Å². The number of allylic oxidation sites excluding steroid dienone is 1. The standard InChI is InChI=1S/C10H14O4/c1-7(11)9(8(2)12)5-4-6-10(13)14-3/h4,6,9H,5H2,1-3H3/b6-4+. The van der Waals surface area contributed by atoms with E-state index in [1.165, 1.54) is 33.1 Å². The van der Waals surface area contributed by atoms with Crippen molar-refractivity contribution in [1.29, 1.82) is 0 Å². The highest BCUT2D eigenvalue weighted by Crippen LogP contribution is 2.07. The van der Waals surface area contributed by atoms with E-state index >= 15 is 0 Å². The molecular weight excluding hydrogens is 184 g/mol. The predicted octanol–water partition coefficient (Wildman–Crippen LogP) is 0.900. The van der Waals surface area contributed by atoms with Crippen LogP contribution in [0.5, 0.6) is 0 Å². The van der Waals surface area contributed by atoms with Gasteiger partial charge in [-0.2, -0.15) is 0 Å². The zero-order chi connectivity index (χ0) is 11.1. The molecule has 4 heteroatoms. The Bertz CT molecular complexity index is 251. The Morgan fingerprint density at radius 3 is 2.07 bits per heavy atom. The van der Waals surface area contributed by atoms with Crippen molar-refractivity contribution in [3.8, 4) is 0 Å². The van der Waals surface area contributed by atoms with Crippen molar-refractivity contribution in [1.82, 2.24) is 0 Å². The van der Waals surface area contributed by atoms with E-state index < -0.39 is 11.9 Å². The Labute approximate surface area is 82.9 Å². The highest BCUT2D eigenvalue weighted by molar-refractivity contribution is 6.00. The molecule has 0 heterocycles. The second-order valence-corrected chi connectivity index (χ2v) is 2.94. The Balaban J connectivity index is 4.20. The molecule has 0 aliphatic rings. The molecule has 0 bridgehead atoms. The summed E-state index contributed by atoms with van der Waals surface area (Å²) in [6.45, 7) is 2.72. The number of hydrogen-bond donors (Lipinski definition) is 0. The van der Waals surface area contributed by atoms with Gasteiger partial charge in [-0.05, 0) is 20.3 Å². The molecule has 0 unspecified atom stereocenters. The first kappa shape index (κ1) is 12.6. The number of carbonyl (C=O) groups is 3. The van der Waals surface area contributed by atoms with Gasteiger partial charge in [-0.15, -0.1) is 0 Å². The summed E-state index contributed by atoms with van der Waals surface area (Å²) in [6.07, 6.45) is 2.93. The van der Waals surface area contributed by atoms with Crippen molar-refractivity contribution in [3.63, 3.8) is 0 Å². The molecule has 0 aromatic rings. The summed E-state index contributed by atoms with van der Waals surface area (Å²) in [7, 11) is 1.26. The van der Waals surface area contributed by atoms with Crippen LogP contribution in [0.25, 0.3) is 0 Å². The monoisotopic (exact) mass is 198 g/mol. The zero-order valence-electron chi connectivity index (χ0n) is 8.57. The van der Waals surface area contributed by atoms with Crippen LogP contribution in [0.3, 0.4) is 0 Å². The first-order chi connectivity index (χ1) is 6.49. The number of ether oxygens (including phenoxy) is 1. The maximum atomic E-state index is 11.0. The first-order valence-corrected chi connectivity index (χ1v) is 4.24. The second kappa shape index (κ2) is 6.07. The van der Waals surface area contributed by atoms with Gasteiger partial charge in [0.1, 0.15) is 11.6 Å². The van der Waals surface area contributed by atoms with Crippen molar-refractivity contribution < 1.29 is 19.1 Å². The van der Waals surface area contributed by atoms with E-state index in [2.05, 4.69) is 4.74 Å². The molecule has 4 nitrogen and oxygen atoms in total. The molecule has 0 aromatic heterocycles. The molecule has 0 aromatic carbocycles. The molecule has 0 saturated heterocycles. The number of methoxy groups -OCH3 is 1. The van der Waals surface area contributed by atoms with E-state index in [-0.39, 0.29) is 18.0 Å². The highest BCUT2D eigenvalue weighted by Gasteiger charge is 2.17. The van der Waals surface area contributed by atoms with Crippen molar-refractivity contribution in [2.24, 2.45) is 5.92 Å². The number of Topliss-reactive ketones (excluding diaryl/α,β-unsaturated/α-hetero) is 2. The summed E-state index contributed by atoms with van der Waals surface area (Å²) in [4.78, 5) is 32.6. The number of esters is 1. The van der Waals surface area contributed by atoms with Crippen molar-refractivity contribution in [2.75, 3.05) is 7.11 Å². The molecule has 14 heavy (non-hydrogen) atoms. The molecule has 0 spiro atoms. The molecule has 0 radical (unpaired) electrons. The fourth-order valence-corrected chi connectivity index (χ4v) is 0.987. The van der Waals surface area contributed by atoms with Gasteiger partial charge in [0, 0.05) is 6.08 Å². The van der Waals surface area contributed by atoms with Gasteiger partial charge in [-0.3, -0.25) is 9.59 Å². The van der Waals surface area contributed by atoms with Crippen LogP contribution in [0.4, 0.5) is 0 Å². The average Bonchev–Trinajstić information content (AvgIpc) is 2.10. The number of carbonyl (C=O) groups excluding carboxylic acids is 3. The topological polar surface area (TPSA) is 60.4 Å². The van der Waals surface area contributed by atoms with Crippen LogP contribution in [0.2, 0.25) is 0 Å². The molecule has 0 saturated carbocycles. The molecule has 78 valence electrons. The molecule has 0 N–H and O–H groups in total. The lowest BCUT2D eigenvalue weighted by molar-refractivity contribution is -0.135. The highest BCUT2D eigenvalue weighted by atomic mass is 16.5. The molecule has 0 aliphatic carbocycles. The smallest absolute Gasteiger partial charge is 0.330 e. The van der Waals surface area contributed by atoms with Gasteiger partial charge in [-0.1, -0.05) is 6.08 Å². The summed E-state index contributed by atoms with van der Waals surface area (Å²) >= 11 is 0. The van der Waals surface area contributed by atoms with E-state index in [4.69, 9.17) is 0 Å². The minimum absolute atomic E-state index is 0.188. The van der Waals surface area contributed by atoms with Crippen molar-refractivity contribution in [2.45, 2.75) is 20.3 Å². The molecular formula is C10H14O4. The fourth-order valence-electron chi connectivity index (χ4n) is 0.987.